The van der Waals surface area contributed by atoms with Gasteiger partial charge < -0.3 is 5.32 Å². The first kappa shape index (κ1) is 13.8. The van der Waals surface area contributed by atoms with Gasteiger partial charge in [0.2, 0.25) is 0 Å². The third-order valence-electron chi connectivity index (χ3n) is 3.08. The largest absolute Gasteiger partial charge is 0.309 e. The van der Waals surface area contributed by atoms with E-state index in [1.807, 2.05) is 11.3 Å². The maximum Gasteiger partial charge on any atom is 0.0459 e. The van der Waals surface area contributed by atoms with Gasteiger partial charge in [0.25, 0.3) is 0 Å². The van der Waals surface area contributed by atoms with Crippen LogP contribution in [0.15, 0.2) is 16.8 Å². The minimum absolute atomic E-state index is 0.536. The van der Waals surface area contributed by atoms with E-state index in [0.29, 0.717) is 6.04 Å². The van der Waals surface area contributed by atoms with Gasteiger partial charge in [0, 0.05) is 28.0 Å². The second-order valence-corrected chi connectivity index (χ2v) is 7.95. The fourth-order valence-electron chi connectivity index (χ4n) is 2.19. The highest BCUT2D eigenvalue weighted by Crippen LogP contribution is 2.39. The normalized spacial score (nSPS) is 26.9. The Morgan fingerprint density at radius 1 is 1.41 bits per heavy atom. The zero-order valence-electron chi connectivity index (χ0n) is 10.5. The summed E-state index contributed by atoms with van der Waals surface area (Å²) in [6.07, 6.45) is 1.21. The van der Waals surface area contributed by atoms with E-state index in [-0.39, 0.29) is 0 Å². The molecule has 4 heteroatoms. The van der Waals surface area contributed by atoms with Crippen LogP contribution >= 0.6 is 34.9 Å². The van der Waals surface area contributed by atoms with Gasteiger partial charge in [0.1, 0.15) is 0 Å². The number of hydrogen-bond donors (Lipinski definition) is 1. The van der Waals surface area contributed by atoms with Crippen molar-refractivity contribution in [2.45, 2.75) is 36.8 Å². The van der Waals surface area contributed by atoms with Gasteiger partial charge in [-0.05, 0) is 35.4 Å². The van der Waals surface area contributed by atoms with E-state index in [2.05, 4.69) is 59.5 Å². The molecule has 0 aliphatic carbocycles. The van der Waals surface area contributed by atoms with Gasteiger partial charge in [0.15, 0.2) is 0 Å². The average Bonchev–Trinajstić information content (AvgIpc) is 2.85. The van der Waals surface area contributed by atoms with E-state index >= 15 is 0 Å². The first-order chi connectivity index (χ1) is 8.33. The molecule has 3 unspecified atom stereocenters. The molecule has 1 N–H and O–H groups in total. The summed E-state index contributed by atoms with van der Waals surface area (Å²) < 4.78 is 0. The van der Waals surface area contributed by atoms with E-state index in [4.69, 9.17) is 0 Å². The summed E-state index contributed by atoms with van der Waals surface area (Å²) in [5.41, 5.74) is 1.48. The van der Waals surface area contributed by atoms with E-state index < -0.39 is 0 Å². The Hall–Kier alpha value is 0.360. The molecule has 1 saturated heterocycles. The maximum absolute atomic E-state index is 3.74. The zero-order chi connectivity index (χ0) is 12.1. The van der Waals surface area contributed by atoms with Crippen molar-refractivity contribution in [1.29, 1.82) is 0 Å². The molecule has 0 saturated carbocycles. The van der Waals surface area contributed by atoms with Crippen molar-refractivity contribution in [3.05, 3.63) is 22.4 Å². The average molecular weight is 288 g/mol. The summed E-state index contributed by atoms with van der Waals surface area (Å²) in [5.74, 6) is 2.61. The van der Waals surface area contributed by atoms with Crippen molar-refractivity contribution < 1.29 is 0 Å². The van der Waals surface area contributed by atoms with Crippen molar-refractivity contribution in [1.82, 2.24) is 5.32 Å². The van der Waals surface area contributed by atoms with Gasteiger partial charge in [-0.15, -0.1) is 0 Å². The summed E-state index contributed by atoms with van der Waals surface area (Å²) in [6.45, 7) is 5.74. The van der Waals surface area contributed by atoms with Crippen LogP contribution in [0.2, 0.25) is 0 Å². The zero-order valence-corrected chi connectivity index (χ0v) is 13.0. The van der Waals surface area contributed by atoms with E-state index in [1.54, 1.807) is 0 Å². The van der Waals surface area contributed by atoms with Gasteiger partial charge in [-0.1, -0.05) is 13.8 Å². The summed E-state index contributed by atoms with van der Waals surface area (Å²) >= 11 is 6.09. The predicted octanol–water partition coefficient (Wildman–Crippen LogP) is 4.03. The molecule has 0 aromatic carbocycles. The molecule has 0 spiro atoms. The molecule has 2 heterocycles. The summed E-state index contributed by atoms with van der Waals surface area (Å²) in [4.78, 5) is 0. The Morgan fingerprint density at radius 2 is 2.24 bits per heavy atom. The standard InChI is InChI=1S/C13H21NS3/c1-3-5-14-12(11-4-6-15-9-11)13-10(2)16-7-8-17-13/h4,6,9-10,12-14H,3,5,7-8H2,1-2H3. The molecule has 1 aromatic rings. The topological polar surface area (TPSA) is 12.0 Å². The van der Waals surface area contributed by atoms with Gasteiger partial charge >= 0.3 is 0 Å². The second kappa shape index (κ2) is 7.07. The Balaban J connectivity index is 2.08. The van der Waals surface area contributed by atoms with Crippen molar-refractivity contribution in [2.24, 2.45) is 0 Å². The lowest BCUT2D eigenvalue weighted by atomic mass is 10.0. The Labute approximate surface area is 117 Å². The minimum Gasteiger partial charge on any atom is -0.309 e. The first-order valence-corrected chi connectivity index (χ1v) is 9.35. The van der Waals surface area contributed by atoms with Gasteiger partial charge in [-0.25, -0.2) is 0 Å². The molecule has 2 rings (SSSR count). The fraction of sp³-hybridized carbons (Fsp3) is 0.692. The van der Waals surface area contributed by atoms with E-state index in [0.717, 1.165) is 17.0 Å². The number of thiophene rings is 1. The molecule has 96 valence electrons. The Kier molecular flexibility index (Phi) is 5.74. The quantitative estimate of drug-likeness (QED) is 0.878. The van der Waals surface area contributed by atoms with E-state index in [9.17, 15) is 0 Å². The highest BCUT2D eigenvalue weighted by molar-refractivity contribution is 8.07. The third kappa shape index (κ3) is 3.66. The molecule has 0 amide bonds. The lowest BCUT2D eigenvalue weighted by Crippen LogP contribution is -2.37. The molecule has 0 radical (unpaired) electrons. The first-order valence-electron chi connectivity index (χ1n) is 6.31. The Morgan fingerprint density at radius 3 is 2.88 bits per heavy atom. The molecule has 1 aromatic heterocycles. The van der Waals surface area contributed by atoms with E-state index in [1.165, 1.54) is 23.5 Å². The fourth-order valence-corrected chi connectivity index (χ4v) is 5.84. The summed E-state index contributed by atoms with van der Waals surface area (Å²) in [5, 5.41) is 9.72. The van der Waals surface area contributed by atoms with Gasteiger partial charge in [-0.2, -0.15) is 34.9 Å². The lowest BCUT2D eigenvalue weighted by molar-refractivity contribution is 0.510. The molecule has 17 heavy (non-hydrogen) atoms. The molecule has 1 fully saturated rings. The highest BCUT2D eigenvalue weighted by Gasteiger charge is 2.31. The predicted molar refractivity (Wildman–Crippen MR) is 83.5 cm³/mol. The third-order valence-corrected chi connectivity index (χ3v) is 6.98. The smallest absolute Gasteiger partial charge is 0.0459 e. The lowest BCUT2D eigenvalue weighted by Gasteiger charge is -2.35. The number of thioether (sulfide) groups is 2. The van der Waals surface area contributed by atoms with Crippen LogP contribution in [0.1, 0.15) is 31.9 Å². The molecule has 1 aliphatic heterocycles. The van der Waals surface area contributed by atoms with Crippen LogP contribution in [-0.2, 0) is 0 Å². The van der Waals surface area contributed by atoms with Crippen molar-refractivity contribution >= 4 is 34.9 Å². The molecule has 1 aliphatic rings. The van der Waals surface area contributed by atoms with Crippen LogP contribution in [0.4, 0.5) is 0 Å². The number of nitrogens with one attached hydrogen (secondary N) is 1. The molecule has 0 bridgehead atoms. The molecular formula is C13H21NS3. The van der Waals surface area contributed by atoms with Gasteiger partial charge in [-0.3, -0.25) is 0 Å². The highest BCUT2D eigenvalue weighted by atomic mass is 32.2. The molecular weight excluding hydrogens is 266 g/mol. The summed E-state index contributed by atoms with van der Waals surface area (Å²) in [6, 6.07) is 2.82. The van der Waals surface area contributed by atoms with Crippen molar-refractivity contribution in [2.75, 3.05) is 18.1 Å². The van der Waals surface area contributed by atoms with Crippen LogP contribution in [0.25, 0.3) is 0 Å². The molecule has 1 nitrogen and oxygen atoms in total. The Bertz CT molecular complexity index is 312. The second-order valence-electron chi connectivity index (χ2n) is 4.40. The van der Waals surface area contributed by atoms with Gasteiger partial charge in [0.05, 0.1) is 0 Å². The SMILES string of the molecule is CCCNC(c1ccsc1)C1SCCSC1C. The number of hydrogen-bond acceptors (Lipinski definition) is 4. The van der Waals surface area contributed by atoms with Crippen LogP contribution < -0.4 is 5.32 Å². The van der Waals surface area contributed by atoms with Crippen LogP contribution in [-0.4, -0.2) is 28.6 Å². The minimum atomic E-state index is 0.536. The van der Waals surface area contributed by atoms with Crippen molar-refractivity contribution in [3.8, 4) is 0 Å². The summed E-state index contributed by atoms with van der Waals surface area (Å²) in [7, 11) is 0. The van der Waals surface area contributed by atoms with Crippen molar-refractivity contribution in [3.63, 3.8) is 0 Å². The van der Waals surface area contributed by atoms with Crippen LogP contribution in [0, 0.1) is 0 Å². The monoisotopic (exact) mass is 287 g/mol. The maximum atomic E-state index is 3.74. The van der Waals surface area contributed by atoms with Crippen LogP contribution in [0.5, 0.6) is 0 Å². The molecule has 3 atom stereocenters. The number of rotatable bonds is 5. The van der Waals surface area contributed by atoms with Crippen LogP contribution in [0.3, 0.4) is 0 Å².